The number of hydrogen-bond donors (Lipinski definition) is 10. The van der Waals surface area contributed by atoms with Crippen LogP contribution in [0.1, 0.15) is 67.9 Å². The van der Waals surface area contributed by atoms with Crippen LogP contribution in [0, 0.1) is 0 Å². The SMILES string of the molecule is C=C(C)CN1C(=O)CC(SC[C@@H](C=O)NC(=O)[C@H](CC=O)NC(=O)[C@H](CCCN=C(N)N)NC(=O)[C@H](CC=O)NC(=O)CC[C@@H](C=O)NC(=O)c2ccc(NCc3cnc4nc(N)[nH]c(=O)c4n3)cc2)C1=O. The predicted molar refractivity (Wildman–Crippen MR) is 260 cm³/mol. The largest absolute Gasteiger partial charge is 0.379 e. The molecule has 1 aliphatic heterocycles. The van der Waals surface area contributed by atoms with Crippen LogP contribution >= 0.6 is 11.8 Å². The van der Waals surface area contributed by atoms with Crippen LogP contribution in [0.15, 0.2) is 52.4 Å². The number of likely N-dealkylation sites (tertiary alicyclic amines) is 1. The van der Waals surface area contributed by atoms with Crippen molar-refractivity contribution in [3.05, 3.63) is 64.2 Å². The lowest BCUT2D eigenvalue weighted by atomic mass is 10.1. The molecule has 13 N–H and O–H groups in total. The van der Waals surface area contributed by atoms with Gasteiger partial charge >= 0.3 is 0 Å². The number of imide groups is 1. The molecule has 7 amide bonds. The molecule has 384 valence electrons. The Bertz CT molecular complexity index is 2630. The zero-order valence-electron chi connectivity index (χ0n) is 38.9. The average molecular weight is 1020 g/mol. The van der Waals surface area contributed by atoms with Crippen molar-refractivity contribution in [3.63, 3.8) is 0 Å². The van der Waals surface area contributed by atoms with E-state index in [-0.39, 0.29) is 79.7 Å². The average Bonchev–Trinajstić information content (AvgIpc) is 3.60. The highest BCUT2D eigenvalue weighted by Gasteiger charge is 2.39. The van der Waals surface area contributed by atoms with E-state index in [1.165, 1.54) is 18.3 Å². The Morgan fingerprint density at radius 3 is 2.15 bits per heavy atom. The molecule has 0 radical (unpaired) electrons. The second-order valence-electron chi connectivity index (χ2n) is 16.2. The van der Waals surface area contributed by atoms with Crippen molar-refractivity contribution < 1.29 is 52.7 Å². The molecule has 3 aromatic rings. The predicted octanol–water partition coefficient (Wildman–Crippen LogP) is -3.21. The van der Waals surface area contributed by atoms with Crippen molar-refractivity contribution in [2.75, 3.05) is 29.9 Å². The molecule has 72 heavy (non-hydrogen) atoms. The van der Waals surface area contributed by atoms with Gasteiger partial charge in [-0.3, -0.25) is 53.2 Å². The molecule has 27 nitrogen and oxygen atoms in total. The van der Waals surface area contributed by atoms with E-state index >= 15 is 0 Å². The van der Waals surface area contributed by atoms with E-state index < -0.39 is 102 Å². The van der Waals surface area contributed by atoms with E-state index in [0.29, 0.717) is 42.1 Å². The number of H-pyrrole nitrogens is 1. The zero-order chi connectivity index (χ0) is 52.9. The lowest BCUT2D eigenvalue weighted by Gasteiger charge is -2.25. The van der Waals surface area contributed by atoms with Gasteiger partial charge in [-0.05, 0) is 50.5 Å². The number of nitrogen functional groups attached to an aromatic ring is 1. The fraction of sp³-hybridized carbons (Fsp3) is 0.409. The molecule has 1 saturated heterocycles. The number of aliphatic imine (C=N–C) groups is 1. The van der Waals surface area contributed by atoms with Gasteiger partial charge in [-0.25, -0.2) is 9.97 Å². The summed E-state index contributed by atoms with van der Waals surface area (Å²) in [6.07, 6.45) is 0.936. The van der Waals surface area contributed by atoms with Crippen molar-refractivity contribution in [1.29, 1.82) is 0 Å². The van der Waals surface area contributed by atoms with Crippen LogP contribution in [-0.2, 0) is 54.5 Å². The van der Waals surface area contributed by atoms with Crippen LogP contribution in [0.5, 0.6) is 0 Å². The Kier molecular flexibility index (Phi) is 21.6. The monoisotopic (exact) mass is 1020 g/mol. The first-order valence-corrected chi connectivity index (χ1v) is 23.2. The van der Waals surface area contributed by atoms with Crippen molar-refractivity contribution in [3.8, 4) is 0 Å². The first-order chi connectivity index (χ1) is 34.3. The molecule has 3 heterocycles. The van der Waals surface area contributed by atoms with Crippen molar-refractivity contribution >= 4 is 107 Å². The molecule has 0 bridgehead atoms. The first kappa shape index (κ1) is 56.2. The van der Waals surface area contributed by atoms with Gasteiger partial charge in [-0.2, -0.15) is 4.98 Å². The van der Waals surface area contributed by atoms with Crippen LogP contribution in [0.3, 0.4) is 0 Å². The van der Waals surface area contributed by atoms with Gasteiger partial charge in [0.15, 0.2) is 17.1 Å². The summed E-state index contributed by atoms with van der Waals surface area (Å²) < 4.78 is 0. The number of carbonyl (C=O) groups is 11. The number of rotatable bonds is 30. The quantitative estimate of drug-likeness (QED) is 0.00785. The van der Waals surface area contributed by atoms with Gasteiger partial charge in [0, 0.05) is 55.8 Å². The second kappa shape index (κ2) is 27.7. The summed E-state index contributed by atoms with van der Waals surface area (Å²) in [6.45, 7) is 5.55. The minimum absolute atomic E-state index is 0.00498. The van der Waals surface area contributed by atoms with E-state index in [2.05, 4.69) is 63.4 Å². The second-order valence-corrected chi connectivity index (χ2v) is 17.5. The molecular weight excluding hydrogens is 963 g/mol. The van der Waals surface area contributed by atoms with Crippen LogP contribution < -0.4 is 54.7 Å². The van der Waals surface area contributed by atoms with E-state index in [0.717, 1.165) is 16.7 Å². The zero-order valence-corrected chi connectivity index (χ0v) is 39.7. The Morgan fingerprint density at radius 1 is 0.875 bits per heavy atom. The number of aromatic amines is 1. The molecule has 2 aromatic heterocycles. The van der Waals surface area contributed by atoms with E-state index in [1.807, 2.05) is 0 Å². The molecule has 1 aromatic carbocycles. The number of guanidine groups is 1. The normalized spacial score (nSPS) is 15.1. The molecule has 6 atom stereocenters. The van der Waals surface area contributed by atoms with Gasteiger partial charge in [-0.1, -0.05) is 12.2 Å². The number of nitrogens with zero attached hydrogens (tertiary/aromatic N) is 5. The smallest absolute Gasteiger partial charge is 0.280 e. The Balaban J connectivity index is 1.32. The molecule has 4 rings (SSSR count). The molecular formula is C44H55N15O12S. The fourth-order valence-corrected chi connectivity index (χ4v) is 7.91. The van der Waals surface area contributed by atoms with Gasteiger partial charge in [0.2, 0.25) is 41.4 Å². The van der Waals surface area contributed by atoms with Crippen LogP contribution in [0.25, 0.3) is 11.2 Å². The number of nitrogens with two attached hydrogens (primary N) is 3. The number of hydrogen-bond acceptors (Lipinski definition) is 19. The van der Waals surface area contributed by atoms with Gasteiger partial charge in [0.1, 0.15) is 43.3 Å². The molecule has 1 aliphatic rings. The standard InChI is InChI=1S/C44H55N15O12S/c1-23(2)19-59-34(65)16-32(42(59)71)72-22-28(21-63)53-38(67)31(12-15-61)56-39(68)29(4-3-13-48-43(45)46)55-40(69)30(11-14-60)54-33(64)10-9-26(20-62)52-37(66)24-5-7-25(8-6-24)49-17-27-18-50-36-35(51-27)41(70)58-44(47)57-36/h5-8,14-15,18,20-21,26,28-32,49H,1,3-4,9-13,16-17,19,22H2,2H3,(H,52,66)(H,53,67)(H,54,64)(H,55,69)(H,56,68)(H4,45,46,48)(H3,47,50,57,58,70)/t26-,28+,29-,30-,31-,32?/m0/s1. The van der Waals surface area contributed by atoms with Crippen LogP contribution in [-0.4, -0.2) is 152 Å². The number of benzene rings is 1. The van der Waals surface area contributed by atoms with Crippen molar-refractivity contribution in [2.45, 2.75) is 93.9 Å². The maximum absolute atomic E-state index is 13.7. The third-order valence-electron chi connectivity index (χ3n) is 10.4. The van der Waals surface area contributed by atoms with E-state index in [4.69, 9.17) is 17.2 Å². The summed E-state index contributed by atoms with van der Waals surface area (Å²) in [7, 11) is 0. The summed E-state index contributed by atoms with van der Waals surface area (Å²) in [4.78, 5) is 171. The number of aldehydes is 4. The topological polar surface area (TPSA) is 425 Å². The third-order valence-corrected chi connectivity index (χ3v) is 11.7. The Labute approximate surface area is 414 Å². The summed E-state index contributed by atoms with van der Waals surface area (Å²) >= 11 is 0.963. The maximum Gasteiger partial charge on any atom is 0.280 e. The highest BCUT2D eigenvalue weighted by atomic mass is 32.2. The Hall–Kier alpha value is -8.43. The molecule has 0 aliphatic carbocycles. The van der Waals surface area contributed by atoms with Gasteiger partial charge in [-0.15, -0.1) is 11.8 Å². The number of anilines is 2. The minimum Gasteiger partial charge on any atom is -0.379 e. The molecule has 0 saturated carbocycles. The Morgan fingerprint density at radius 2 is 1.51 bits per heavy atom. The molecule has 0 spiro atoms. The number of nitrogens with one attached hydrogen (secondary N) is 7. The number of thioether (sulfide) groups is 1. The lowest BCUT2D eigenvalue weighted by molar-refractivity contribution is -0.138. The third kappa shape index (κ3) is 17.2. The minimum atomic E-state index is -1.56. The van der Waals surface area contributed by atoms with Gasteiger partial charge < -0.3 is 68.3 Å². The van der Waals surface area contributed by atoms with Crippen molar-refractivity contribution in [1.82, 2.24) is 51.4 Å². The lowest BCUT2D eigenvalue weighted by Crippen LogP contribution is -2.57. The van der Waals surface area contributed by atoms with Gasteiger partial charge in [0.05, 0.1) is 35.8 Å². The highest BCUT2D eigenvalue weighted by molar-refractivity contribution is 8.00. The van der Waals surface area contributed by atoms with E-state index in [9.17, 15) is 57.5 Å². The molecule has 1 unspecified atom stereocenters. The fourth-order valence-electron chi connectivity index (χ4n) is 6.78. The van der Waals surface area contributed by atoms with Crippen LogP contribution in [0.2, 0.25) is 0 Å². The number of fused-ring (bicyclic) bond motifs is 1. The number of carbonyl (C=O) groups excluding carboxylic acids is 11. The van der Waals surface area contributed by atoms with Gasteiger partial charge in [0.25, 0.3) is 11.5 Å². The highest BCUT2D eigenvalue weighted by Crippen LogP contribution is 2.26. The first-order valence-electron chi connectivity index (χ1n) is 22.2. The van der Waals surface area contributed by atoms with Crippen molar-refractivity contribution in [2.24, 2.45) is 16.5 Å². The molecule has 1 fully saturated rings. The summed E-state index contributed by atoms with van der Waals surface area (Å²) in [5.41, 5.74) is 17.6. The van der Waals surface area contributed by atoms with Crippen LogP contribution in [0.4, 0.5) is 11.6 Å². The number of aromatic nitrogens is 4. The summed E-state index contributed by atoms with van der Waals surface area (Å²) in [5, 5.41) is 14.4. The number of amides is 7. The van der Waals surface area contributed by atoms with E-state index in [1.54, 1.807) is 19.1 Å². The summed E-state index contributed by atoms with van der Waals surface area (Å²) in [6, 6.07) is -0.831. The molecule has 28 heteroatoms. The summed E-state index contributed by atoms with van der Waals surface area (Å²) in [5.74, 6) is -5.78. The maximum atomic E-state index is 13.7.